The molecule has 0 atom stereocenters. The van der Waals surface area contributed by atoms with Gasteiger partial charge in [0.2, 0.25) is 29.0 Å². The Hall–Kier alpha value is -3.38. The van der Waals surface area contributed by atoms with E-state index < -0.39 is 11.4 Å². The van der Waals surface area contributed by atoms with Crippen LogP contribution < -0.4 is 25.0 Å². The molecule has 0 spiro atoms. The number of hydrogen-bond acceptors (Lipinski definition) is 11. The maximum Gasteiger partial charge on any atom is 0.343 e. The number of nitrogens with one attached hydrogen (secondary N) is 1. The fourth-order valence-corrected chi connectivity index (χ4v) is 4.42. The van der Waals surface area contributed by atoms with E-state index in [4.69, 9.17) is 18.6 Å². The molecule has 164 valence electrons. The molecule has 1 aliphatic heterocycles. The van der Waals surface area contributed by atoms with Crippen LogP contribution in [0.5, 0.6) is 17.2 Å². The first-order valence-electron chi connectivity index (χ1n) is 9.56. The van der Waals surface area contributed by atoms with Gasteiger partial charge in [-0.25, -0.2) is 4.79 Å². The van der Waals surface area contributed by atoms with Crippen molar-refractivity contribution >= 4 is 40.1 Å². The molecule has 32 heavy (non-hydrogen) atoms. The summed E-state index contributed by atoms with van der Waals surface area (Å²) in [6.07, 6.45) is 2.92. The average molecular weight is 473 g/mol. The lowest BCUT2D eigenvalue weighted by atomic mass is 10.2. The number of esters is 1. The number of thioether (sulfide) groups is 1. The van der Waals surface area contributed by atoms with Crippen LogP contribution in [0, 0.1) is 5.92 Å². The first kappa shape index (κ1) is 20.5. The third kappa shape index (κ3) is 4.60. The Morgan fingerprint density at radius 1 is 1.19 bits per heavy atom. The van der Waals surface area contributed by atoms with E-state index in [9.17, 15) is 14.4 Å². The Kier molecular flexibility index (Phi) is 5.53. The van der Waals surface area contributed by atoms with E-state index in [1.807, 2.05) is 0 Å². The monoisotopic (exact) mass is 473 g/mol. The van der Waals surface area contributed by atoms with Crippen molar-refractivity contribution in [1.29, 1.82) is 0 Å². The molecule has 1 N–H and O–H groups in total. The molecule has 3 heterocycles. The van der Waals surface area contributed by atoms with Crippen LogP contribution in [0.15, 0.2) is 44.1 Å². The summed E-state index contributed by atoms with van der Waals surface area (Å²) in [4.78, 5) is 36.4. The van der Waals surface area contributed by atoms with Crippen LogP contribution in [-0.2, 0) is 10.5 Å². The minimum Gasteiger partial charge on any atom is -0.464 e. The van der Waals surface area contributed by atoms with Gasteiger partial charge in [0.1, 0.15) is 12.0 Å². The predicted molar refractivity (Wildman–Crippen MR) is 113 cm³/mol. The molecular formula is C20H15N3O7S2. The molecule has 0 saturated heterocycles. The van der Waals surface area contributed by atoms with E-state index in [0.717, 1.165) is 19.1 Å². The lowest BCUT2D eigenvalue weighted by Gasteiger charge is -2.05. The number of ether oxygens (including phenoxy) is 3. The number of anilines is 1. The normalized spacial score (nSPS) is 14.2. The summed E-state index contributed by atoms with van der Waals surface area (Å²) in [5, 5.41) is 11.1. The number of nitrogens with zero attached hydrogens (tertiary/aromatic N) is 2. The van der Waals surface area contributed by atoms with Crippen LogP contribution in [0.1, 0.15) is 29.0 Å². The molecule has 1 aromatic carbocycles. The Morgan fingerprint density at radius 3 is 2.84 bits per heavy atom. The van der Waals surface area contributed by atoms with Crippen molar-refractivity contribution in [2.75, 3.05) is 12.1 Å². The third-order valence-electron chi connectivity index (χ3n) is 4.59. The Balaban J connectivity index is 1.18. The average Bonchev–Trinajstić information content (AvgIpc) is 3.38. The number of hydrogen-bond donors (Lipinski definition) is 1. The summed E-state index contributed by atoms with van der Waals surface area (Å²) in [5.74, 6) is 0.783. The van der Waals surface area contributed by atoms with Gasteiger partial charge < -0.3 is 23.9 Å². The van der Waals surface area contributed by atoms with Crippen molar-refractivity contribution in [3.8, 4) is 17.2 Å². The molecule has 5 rings (SSSR count). The van der Waals surface area contributed by atoms with Gasteiger partial charge in [0, 0.05) is 12.0 Å². The molecule has 1 fully saturated rings. The number of carbonyl (C=O) groups excluding carboxylic acids is 2. The molecule has 0 radical (unpaired) electrons. The van der Waals surface area contributed by atoms with Crippen molar-refractivity contribution in [2.45, 2.75) is 22.9 Å². The molecule has 10 nitrogen and oxygen atoms in total. The zero-order valence-electron chi connectivity index (χ0n) is 16.4. The molecule has 1 aliphatic carbocycles. The maximum absolute atomic E-state index is 12.3. The molecule has 2 aliphatic rings. The number of rotatable bonds is 7. The third-order valence-corrected chi connectivity index (χ3v) is 6.58. The highest BCUT2D eigenvalue weighted by atomic mass is 32.2. The first-order valence-corrected chi connectivity index (χ1v) is 11.4. The van der Waals surface area contributed by atoms with E-state index in [1.54, 1.807) is 6.07 Å². The van der Waals surface area contributed by atoms with Crippen LogP contribution in [0.3, 0.4) is 0 Å². The van der Waals surface area contributed by atoms with Crippen LogP contribution in [0.4, 0.5) is 5.13 Å². The Bertz CT molecular complexity index is 1250. The van der Waals surface area contributed by atoms with Crippen molar-refractivity contribution in [3.05, 3.63) is 52.1 Å². The quantitative estimate of drug-likeness (QED) is 0.310. The zero-order valence-corrected chi connectivity index (χ0v) is 18.0. The van der Waals surface area contributed by atoms with Gasteiger partial charge in [-0.05, 0) is 31.0 Å². The largest absolute Gasteiger partial charge is 0.464 e. The van der Waals surface area contributed by atoms with Crippen LogP contribution >= 0.6 is 23.1 Å². The lowest BCUT2D eigenvalue weighted by Crippen LogP contribution is -2.14. The van der Waals surface area contributed by atoms with Gasteiger partial charge in [-0.2, -0.15) is 0 Å². The van der Waals surface area contributed by atoms with E-state index in [2.05, 4.69) is 15.5 Å². The molecule has 2 aromatic heterocycles. The van der Waals surface area contributed by atoms with Crippen LogP contribution in [0.2, 0.25) is 0 Å². The smallest absolute Gasteiger partial charge is 0.343 e. The van der Waals surface area contributed by atoms with Gasteiger partial charge in [0.05, 0.1) is 11.3 Å². The lowest BCUT2D eigenvalue weighted by molar-refractivity contribution is -0.117. The molecule has 3 aromatic rings. The van der Waals surface area contributed by atoms with Crippen LogP contribution in [-0.4, -0.2) is 28.9 Å². The zero-order chi connectivity index (χ0) is 22.1. The molecule has 0 unspecified atom stereocenters. The van der Waals surface area contributed by atoms with Gasteiger partial charge >= 0.3 is 5.97 Å². The van der Waals surface area contributed by atoms with E-state index in [-0.39, 0.29) is 29.9 Å². The van der Waals surface area contributed by atoms with Crippen molar-refractivity contribution in [2.24, 2.45) is 5.92 Å². The minimum atomic E-state index is -0.715. The topological polar surface area (TPSA) is 130 Å². The molecule has 12 heteroatoms. The second-order valence-electron chi connectivity index (χ2n) is 6.96. The highest BCUT2D eigenvalue weighted by Crippen LogP contribution is 2.33. The molecule has 0 bridgehead atoms. The van der Waals surface area contributed by atoms with Crippen molar-refractivity contribution < 1.29 is 28.2 Å². The first-order chi connectivity index (χ1) is 15.5. The van der Waals surface area contributed by atoms with Gasteiger partial charge in [-0.15, -0.1) is 10.2 Å². The van der Waals surface area contributed by atoms with E-state index in [1.165, 1.54) is 41.3 Å². The summed E-state index contributed by atoms with van der Waals surface area (Å²) < 4.78 is 21.6. The standard InChI is InChI=1S/C20H15N3O7S2/c24-13-6-12(8-31-20-23-22-19(32-20)21-17(25)10-1-2-10)27-7-16(13)30-18(26)11-3-4-14-15(5-11)29-9-28-14/h3-7,10H,1-2,8-9H2,(H,21,22,25). The minimum absolute atomic E-state index is 0.0328. The SMILES string of the molecule is O=C(Oc1coc(CSc2nnc(NC(=O)C3CC3)s2)cc1=O)c1ccc2c(c1)OCO2. The fourth-order valence-electron chi connectivity index (χ4n) is 2.78. The van der Waals surface area contributed by atoms with Gasteiger partial charge in [-0.1, -0.05) is 23.1 Å². The summed E-state index contributed by atoms with van der Waals surface area (Å²) in [5.41, 5.74) is -0.273. The summed E-state index contributed by atoms with van der Waals surface area (Å²) in [7, 11) is 0. The number of benzene rings is 1. The highest BCUT2D eigenvalue weighted by molar-refractivity contribution is 8.00. The van der Waals surface area contributed by atoms with Crippen molar-refractivity contribution in [1.82, 2.24) is 10.2 Å². The predicted octanol–water partition coefficient (Wildman–Crippen LogP) is 3.08. The maximum atomic E-state index is 12.3. The van der Waals surface area contributed by atoms with Gasteiger partial charge in [0.25, 0.3) is 0 Å². The number of amides is 1. The van der Waals surface area contributed by atoms with E-state index >= 15 is 0 Å². The number of aromatic nitrogens is 2. The molecule has 1 amide bonds. The summed E-state index contributed by atoms with van der Waals surface area (Å²) >= 11 is 2.56. The van der Waals surface area contributed by atoms with E-state index in [0.29, 0.717) is 32.5 Å². The second kappa shape index (κ2) is 8.63. The van der Waals surface area contributed by atoms with Gasteiger partial charge in [0.15, 0.2) is 15.8 Å². The fraction of sp³-hybridized carbons (Fsp3) is 0.250. The number of carbonyl (C=O) groups is 2. The van der Waals surface area contributed by atoms with Crippen molar-refractivity contribution in [3.63, 3.8) is 0 Å². The summed E-state index contributed by atoms with van der Waals surface area (Å²) in [6, 6.07) is 5.86. The van der Waals surface area contributed by atoms with Gasteiger partial charge in [-0.3, -0.25) is 9.59 Å². The summed E-state index contributed by atoms with van der Waals surface area (Å²) in [6.45, 7) is 0.0877. The Labute approximate surface area is 188 Å². The second-order valence-corrected chi connectivity index (χ2v) is 9.16. The van der Waals surface area contributed by atoms with Crippen LogP contribution in [0.25, 0.3) is 0 Å². The molecule has 1 saturated carbocycles. The highest BCUT2D eigenvalue weighted by Gasteiger charge is 2.30. The molecular weight excluding hydrogens is 458 g/mol. The number of fused-ring (bicyclic) bond motifs is 1. The Morgan fingerprint density at radius 2 is 2.03 bits per heavy atom.